The molecule has 5 nitrogen and oxygen atoms in total. The van der Waals surface area contributed by atoms with Crippen molar-refractivity contribution in [1.29, 1.82) is 0 Å². The van der Waals surface area contributed by atoms with Gasteiger partial charge in [0.05, 0.1) is 18.5 Å². The molecule has 1 atom stereocenters. The summed E-state index contributed by atoms with van der Waals surface area (Å²) in [7, 11) is 1.64. The van der Waals surface area contributed by atoms with E-state index >= 15 is 0 Å². The monoisotopic (exact) mass is 429 g/mol. The molecule has 0 saturated carbocycles. The van der Waals surface area contributed by atoms with Crippen LogP contribution in [0.2, 0.25) is 5.02 Å². The summed E-state index contributed by atoms with van der Waals surface area (Å²) < 4.78 is 7.24. The smallest absolute Gasteiger partial charge is 0.226 e. The number of fused-ring (bicyclic) bond motifs is 1. The van der Waals surface area contributed by atoms with Gasteiger partial charge in [-0.25, -0.2) is 4.68 Å². The number of ether oxygens (including phenoxy) is 1. The van der Waals surface area contributed by atoms with E-state index in [-0.39, 0.29) is 11.8 Å². The standard InChI is InChI=1S/C25H20ClN3O2/c1-31-20-9-5-6-17(14-20)21-15-22(30)27-25-23(21)24(16-10-12-18(26)13-11-16)28-29(25)19-7-3-2-4-8-19/h2-14,21H,15H2,1H3,(H,27,30)/t21-/m0/s1. The second-order valence-electron chi connectivity index (χ2n) is 7.45. The molecule has 0 aliphatic carbocycles. The Morgan fingerprint density at radius 3 is 2.55 bits per heavy atom. The van der Waals surface area contributed by atoms with Gasteiger partial charge in [-0.2, -0.15) is 5.10 Å². The van der Waals surface area contributed by atoms with E-state index in [1.807, 2.05) is 83.5 Å². The Labute approximate surface area is 185 Å². The number of anilines is 1. The second-order valence-corrected chi connectivity index (χ2v) is 7.88. The van der Waals surface area contributed by atoms with Gasteiger partial charge in [0.15, 0.2) is 0 Å². The fraction of sp³-hybridized carbons (Fsp3) is 0.120. The molecule has 31 heavy (non-hydrogen) atoms. The maximum atomic E-state index is 12.7. The van der Waals surface area contributed by atoms with Gasteiger partial charge < -0.3 is 10.1 Å². The van der Waals surface area contributed by atoms with E-state index in [1.165, 1.54) is 0 Å². The Morgan fingerprint density at radius 2 is 1.81 bits per heavy atom. The van der Waals surface area contributed by atoms with Crippen LogP contribution in [-0.2, 0) is 4.79 Å². The number of hydrogen-bond acceptors (Lipinski definition) is 3. The molecule has 1 aromatic heterocycles. The molecule has 0 fully saturated rings. The lowest BCUT2D eigenvalue weighted by Crippen LogP contribution is -2.24. The van der Waals surface area contributed by atoms with Crippen molar-refractivity contribution < 1.29 is 9.53 Å². The molecule has 0 bridgehead atoms. The van der Waals surface area contributed by atoms with Crippen molar-refractivity contribution in [3.63, 3.8) is 0 Å². The maximum Gasteiger partial charge on any atom is 0.226 e. The van der Waals surface area contributed by atoms with Crippen LogP contribution in [0.25, 0.3) is 16.9 Å². The number of amides is 1. The third kappa shape index (κ3) is 3.57. The van der Waals surface area contributed by atoms with Gasteiger partial charge in [-0.15, -0.1) is 0 Å². The van der Waals surface area contributed by atoms with E-state index in [0.29, 0.717) is 17.3 Å². The summed E-state index contributed by atoms with van der Waals surface area (Å²) in [4.78, 5) is 12.7. The lowest BCUT2D eigenvalue weighted by molar-refractivity contribution is -0.116. The average molecular weight is 430 g/mol. The normalized spacial score (nSPS) is 15.3. The van der Waals surface area contributed by atoms with E-state index in [9.17, 15) is 4.79 Å². The number of carbonyl (C=O) groups is 1. The number of rotatable bonds is 4. The molecule has 0 radical (unpaired) electrons. The largest absolute Gasteiger partial charge is 0.497 e. The van der Waals surface area contributed by atoms with E-state index in [2.05, 4.69) is 5.32 Å². The summed E-state index contributed by atoms with van der Waals surface area (Å²) in [5.41, 5.74) is 4.64. The topological polar surface area (TPSA) is 56.1 Å². The first-order valence-electron chi connectivity index (χ1n) is 10.0. The summed E-state index contributed by atoms with van der Waals surface area (Å²) in [5.74, 6) is 1.26. The van der Waals surface area contributed by atoms with Gasteiger partial charge in [0.1, 0.15) is 11.6 Å². The van der Waals surface area contributed by atoms with E-state index < -0.39 is 0 Å². The van der Waals surface area contributed by atoms with Crippen LogP contribution in [0.15, 0.2) is 78.9 Å². The SMILES string of the molecule is COc1cccc([C@@H]2CC(=O)Nc3c2c(-c2ccc(Cl)cc2)nn3-c2ccccc2)c1. The molecule has 1 aliphatic rings. The van der Waals surface area contributed by atoms with Gasteiger partial charge in [0.25, 0.3) is 0 Å². The highest BCUT2D eigenvalue weighted by atomic mass is 35.5. The predicted octanol–water partition coefficient (Wildman–Crippen LogP) is 5.68. The number of halogens is 1. The highest BCUT2D eigenvalue weighted by Gasteiger charge is 2.34. The van der Waals surface area contributed by atoms with Gasteiger partial charge in [0.2, 0.25) is 5.91 Å². The molecule has 1 aliphatic heterocycles. The van der Waals surface area contributed by atoms with Crippen LogP contribution >= 0.6 is 11.6 Å². The summed E-state index contributed by atoms with van der Waals surface area (Å²) in [6.45, 7) is 0. The predicted molar refractivity (Wildman–Crippen MR) is 122 cm³/mol. The minimum Gasteiger partial charge on any atom is -0.497 e. The van der Waals surface area contributed by atoms with Gasteiger partial charge in [-0.05, 0) is 42.0 Å². The highest BCUT2D eigenvalue weighted by molar-refractivity contribution is 6.30. The van der Waals surface area contributed by atoms with Gasteiger partial charge in [-0.1, -0.05) is 54.1 Å². The third-order valence-corrected chi connectivity index (χ3v) is 5.78. The fourth-order valence-corrected chi connectivity index (χ4v) is 4.20. The lowest BCUT2D eigenvalue weighted by Gasteiger charge is -2.25. The zero-order chi connectivity index (χ0) is 21.4. The minimum atomic E-state index is -0.151. The molecular weight excluding hydrogens is 410 g/mol. The van der Waals surface area contributed by atoms with Crippen molar-refractivity contribution in [1.82, 2.24) is 9.78 Å². The number of aromatic nitrogens is 2. The first-order valence-corrected chi connectivity index (χ1v) is 10.4. The van der Waals surface area contributed by atoms with Gasteiger partial charge in [0, 0.05) is 28.5 Å². The molecule has 4 aromatic rings. The Hall–Kier alpha value is -3.57. The van der Waals surface area contributed by atoms with Crippen LogP contribution in [0.3, 0.4) is 0 Å². The van der Waals surface area contributed by atoms with Gasteiger partial charge in [-0.3, -0.25) is 4.79 Å². The molecule has 5 rings (SSSR count). The molecule has 1 amide bonds. The van der Waals surface area contributed by atoms with Crippen molar-refractivity contribution in [2.45, 2.75) is 12.3 Å². The highest BCUT2D eigenvalue weighted by Crippen LogP contribution is 2.44. The molecule has 3 aromatic carbocycles. The van der Waals surface area contributed by atoms with Crippen molar-refractivity contribution in [3.05, 3.63) is 95.0 Å². The van der Waals surface area contributed by atoms with Crippen molar-refractivity contribution in [2.24, 2.45) is 0 Å². The molecule has 1 N–H and O–H groups in total. The molecule has 2 heterocycles. The molecule has 154 valence electrons. The fourth-order valence-electron chi connectivity index (χ4n) is 4.07. The third-order valence-electron chi connectivity index (χ3n) is 5.53. The number of nitrogens with one attached hydrogen (secondary N) is 1. The van der Waals surface area contributed by atoms with Crippen molar-refractivity contribution >= 4 is 23.3 Å². The van der Waals surface area contributed by atoms with Crippen LogP contribution in [0.5, 0.6) is 5.75 Å². The summed E-state index contributed by atoms with van der Waals surface area (Å²) in [6, 6.07) is 25.3. The van der Waals surface area contributed by atoms with Gasteiger partial charge >= 0.3 is 0 Å². The van der Waals surface area contributed by atoms with E-state index in [4.69, 9.17) is 21.4 Å². The Morgan fingerprint density at radius 1 is 1.03 bits per heavy atom. The van der Waals surface area contributed by atoms with Crippen LogP contribution in [0.4, 0.5) is 5.82 Å². The zero-order valence-electron chi connectivity index (χ0n) is 16.9. The van der Waals surface area contributed by atoms with Crippen LogP contribution in [-0.4, -0.2) is 22.8 Å². The van der Waals surface area contributed by atoms with E-state index in [1.54, 1.807) is 7.11 Å². The maximum absolute atomic E-state index is 12.7. The minimum absolute atomic E-state index is 0.0416. The Kier molecular flexibility index (Phi) is 4.96. The van der Waals surface area contributed by atoms with Crippen LogP contribution < -0.4 is 10.1 Å². The lowest BCUT2D eigenvalue weighted by atomic mass is 9.84. The van der Waals surface area contributed by atoms with E-state index in [0.717, 1.165) is 33.8 Å². The number of methoxy groups -OCH3 is 1. The summed E-state index contributed by atoms with van der Waals surface area (Å²) >= 11 is 6.12. The zero-order valence-corrected chi connectivity index (χ0v) is 17.6. The molecule has 0 saturated heterocycles. The van der Waals surface area contributed by atoms with Crippen LogP contribution in [0, 0.1) is 0 Å². The Balaban J connectivity index is 1.76. The Bertz CT molecular complexity index is 1250. The number of benzene rings is 3. The molecule has 0 unspecified atom stereocenters. The number of para-hydroxylation sites is 1. The van der Waals surface area contributed by atoms with Crippen molar-refractivity contribution in [2.75, 3.05) is 12.4 Å². The first-order chi connectivity index (χ1) is 15.1. The number of hydrogen-bond donors (Lipinski definition) is 1. The first kappa shape index (κ1) is 19.4. The second kappa shape index (κ2) is 7.93. The molecular formula is C25H20ClN3O2. The summed E-state index contributed by atoms with van der Waals surface area (Å²) in [5, 5.41) is 8.67. The van der Waals surface area contributed by atoms with Crippen molar-refractivity contribution in [3.8, 4) is 22.7 Å². The summed E-state index contributed by atoms with van der Waals surface area (Å²) in [6.07, 6.45) is 0.335. The molecule has 0 spiro atoms. The average Bonchev–Trinajstić information content (AvgIpc) is 3.19. The number of carbonyl (C=O) groups excluding carboxylic acids is 1. The molecule has 6 heteroatoms. The number of nitrogens with zero attached hydrogens (tertiary/aromatic N) is 2. The van der Waals surface area contributed by atoms with Crippen LogP contribution in [0.1, 0.15) is 23.5 Å². The quantitative estimate of drug-likeness (QED) is 0.454.